The second-order valence-corrected chi connectivity index (χ2v) is 12.9. The molecule has 0 atom stereocenters. The maximum atomic E-state index is 13.7. The molecule has 0 aromatic heterocycles. The van der Waals surface area contributed by atoms with Crippen LogP contribution in [-0.4, -0.2) is 78.4 Å². The molecule has 1 aliphatic rings. The maximum absolute atomic E-state index is 13.7. The highest BCUT2D eigenvalue weighted by Crippen LogP contribution is 2.32. The molecule has 1 heterocycles. The molecule has 13 heteroatoms. The molecule has 204 valence electrons. The molecule has 3 rings (SSSR count). The van der Waals surface area contributed by atoms with E-state index in [0.29, 0.717) is 30.6 Å². The second-order valence-electron chi connectivity index (χ2n) is 9.04. The number of sulfonamides is 1. The second kappa shape index (κ2) is 12.1. The van der Waals surface area contributed by atoms with E-state index in [2.05, 4.69) is 10.1 Å². The zero-order chi connectivity index (χ0) is 27.2. The number of hydrogen-bond donors (Lipinski definition) is 2. The Morgan fingerprint density at radius 2 is 1.70 bits per heavy atom. The van der Waals surface area contributed by atoms with Crippen molar-refractivity contribution in [3.8, 4) is 5.75 Å². The summed E-state index contributed by atoms with van der Waals surface area (Å²) in [5, 5.41) is 3.42. The molecule has 2 aromatic rings. The number of rotatable bonds is 11. The predicted octanol–water partition coefficient (Wildman–Crippen LogP) is 1.52. The molecular formula is C24H35N5O6S2. The summed E-state index contributed by atoms with van der Waals surface area (Å²) in [4.78, 5) is 6.49. The van der Waals surface area contributed by atoms with Gasteiger partial charge >= 0.3 is 0 Å². The van der Waals surface area contributed by atoms with E-state index in [4.69, 9.17) is 21.0 Å². The van der Waals surface area contributed by atoms with Gasteiger partial charge in [0.15, 0.2) is 0 Å². The number of hydrogen-bond acceptors (Lipinski definition) is 8. The Morgan fingerprint density at radius 3 is 2.35 bits per heavy atom. The fourth-order valence-corrected chi connectivity index (χ4v) is 7.70. The summed E-state index contributed by atoms with van der Waals surface area (Å²) in [6, 6.07) is 10.1. The molecule has 11 nitrogen and oxygen atoms in total. The SMILES string of the molecule is Cc1cc(OCCCON=C(N)N)cc(S(=O)(=O)c2ccccc2S(=O)(=O)N(C)C2CCN(C)CC2)c1. The van der Waals surface area contributed by atoms with Gasteiger partial charge in [0.1, 0.15) is 17.3 Å². The molecule has 0 bridgehead atoms. The van der Waals surface area contributed by atoms with Crippen molar-refractivity contribution < 1.29 is 26.4 Å². The molecule has 0 amide bonds. The van der Waals surface area contributed by atoms with E-state index in [-0.39, 0.29) is 39.9 Å². The lowest BCUT2D eigenvalue weighted by atomic mass is 10.1. The number of aryl methyl sites for hydroxylation is 1. The normalized spacial score (nSPS) is 15.5. The van der Waals surface area contributed by atoms with Gasteiger partial charge in [-0.2, -0.15) is 4.31 Å². The standard InChI is InChI=1S/C24H35N5O6S2/c1-18-15-20(34-13-6-14-35-27-24(25)26)17-21(16-18)36(30,31)22-7-4-5-8-23(22)37(32,33)29(3)19-9-11-28(2)12-10-19/h4-5,7-8,15-17,19H,6,9-14H2,1-3H3,(H4,25,26,27). The van der Waals surface area contributed by atoms with Gasteiger partial charge in [0.2, 0.25) is 25.8 Å². The minimum absolute atomic E-state index is 0.0520. The first-order valence-corrected chi connectivity index (χ1v) is 14.8. The van der Waals surface area contributed by atoms with Gasteiger partial charge in [-0.1, -0.05) is 12.1 Å². The first-order chi connectivity index (χ1) is 17.4. The van der Waals surface area contributed by atoms with Crippen LogP contribution < -0.4 is 16.2 Å². The van der Waals surface area contributed by atoms with Crippen molar-refractivity contribution in [2.75, 3.05) is 40.4 Å². The first kappa shape index (κ1) is 28.7. The highest BCUT2D eigenvalue weighted by molar-refractivity contribution is 7.93. The average molecular weight is 554 g/mol. The predicted molar refractivity (Wildman–Crippen MR) is 140 cm³/mol. The average Bonchev–Trinajstić information content (AvgIpc) is 2.85. The molecule has 0 unspecified atom stereocenters. The molecule has 0 spiro atoms. The van der Waals surface area contributed by atoms with Crippen molar-refractivity contribution in [1.82, 2.24) is 9.21 Å². The number of nitrogens with zero attached hydrogens (tertiary/aromatic N) is 3. The monoisotopic (exact) mass is 553 g/mol. The van der Waals surface area contributed by atoms with Crippen LogP contribution in [0.4, 0.5) is 0 Å². The van der Waals surface area contributed by atoms with Crippen molar-refractivity contribution in [3.05, 3.63) is 48.0 Å². The van der Waals surface area contributed by atoms with Gasteiger partial charge in [-0.25, -0.2) is 16.8 Å². The van der Waals surface area contributed by atoms with E-state index in [1.807, 2.05) is 7.05 Å². The Morgan fingerprint density at radius 1 is 1.05 bits per heavy atom. The fraction of sp³-hybridized carbons (Fsp3) is 0.458. The summed E-state index contributed by atoms with van der Waals surface area (Å²) in [6.45, 7) is 3.73. The smallest absolute Gasteiger partial charge is 0.244 e. The Hall–Kier alpha value is -2.87. The third-order valence-electron chi connectivity index (χ3n) is 6.15. The van der Waals surface area contributed by atoms with Crippen LogP contribution in [0.25, 0.3) is 0 Å². The minimum Gasteiger partial charge on any atom is -0.493 e. The summed E-state index contributed by atoms with van der Waals surface area (Å²) >= 11 is 0. The van der Waals surface area contributed by atoms with E-state index >= 15 is 0 Å². The molecule has 1 saturated heterocycles. The van der Waals surface area contributed by atoms with E-state index in [9.17, 15) is 16.8 Å². The van der Waals surface area contributed by atoms with E-state index in [1.54, 1.807) is 13.0 Å². The van der Waals surface area contributed by atoms with Gasteiger partial charge in [-0.3, -0.25) is 0 Å². The fourth-order valence-electron chi connectivity index (χ4n) is 4.11. The number of ether oxygens (including phenoxy) is 1. The lowest BCUT2D eigenvalue weighted by molar-refractivity contribution is 0.127. The molecule has 37 heavy (non-hydrogen) atoms. The van der Waals surface area contributed by atoms with Gasteiger partial charge < -0.3 is 25.9 Å². The number of oxime groups is 1. The number of sulfone groups is 1. The van der Waals surface area contributed by atoms with Crippen LogP contribution in [0.2, 0.25) is 0 Å². The molecule has 0 radical (unpaired) electrons. The topological polar surface area (TPSA) is 158 Å². The van der Waals surface area contributed by atoms with Crippen LogP contribution in [0, 0.1) is 6.92 Å². The summed E-state index contributed by atoms with van der Waals surface area (Å²) in [5.74, 6) is 0.151. The van der Waals surface area contributed by atoms with Crippen LogP contribution in [0.5, 0.6) is 5.75 Å². The van der Waals surface area contributed by atoms with Crippen LogP contribution in [0.1, 0.15) is 24.8 Å². The molecule has 1 aliphatic heterocycles. The quantitative estimate of drug-likeness (QED) is 0.182. The van der Waals surface area contributed by atoms with Gasteiger partial charge in [-0.05, 0) is 81.0 Å². The molecule has 0 saturated carbocycles. The number of nitrogens with two attached hydrogens (primary N) is 2. The summed E-state index contributed by atoms with van der Waals surface area (Å²) in [5.41, 5.74) is 11.0. The Kier molecular flexibility index (Phi) is 9.40. The Bertz CT molecular complexity index is 1320. The Balaban J connectivity index is 1.86. The number of benzene rings is 2. The van der Waals surface area contributed by atoms with Crippen LogP contribution >= 0.6 is 0 Å². The third-order valence-corrected chi connectivity index (χ3v) is 10.0. The molecule has 4 N–H and O–H groups in total. The maximum Gasteiger partial charge on any atom is 0.244 e. The van der Waals surface area contributed by atoms with Gasteiger partial charge in [0.25, 0.3) is 0 Å². The Labute approximate surface area is 219 Å². The number of guanidine groups is 1. The van der Waals surface area contributed by atoms with Crippen molar-refractivity contribution in [2.45, 2.75) is 46.9 Å². The molecule has 2 aromatic carbocycles. The van der Waals surface area contributed by atoms with Crippen molar-refractivity contribution in [1.29, 1.82) is 0 Å². The van der Waals surface area contributed by atoms with Crippen LogP contribution in [-0.2, 0) is 24.7 Å². The van der Waals surface area contributed by atoms with E-state index < -0.39 is 19.9 Å². The first-order valence-electron chi connectivity index (χ1n) is 11.9. The van der Waals surface area contributed by atoms with Crippen molar-refractivity contribution in [2.24, 2.45) is 16.6 Å². The molecule has 1 fully saturated rings. The third kappa shape index (κ3) is 7.12. The zero-order valence-electron chi connectivity index (χ0n) is 21.3. The van der Waals surface area contributed by atoms with Crippen molar-refractivity contribution >= 4 is 25.8 Å². The highest BCUT2D eigenvalue weighted by Gasteiger charge is 2.34. The minimum atomic E-state index is -4.18. The largest absolute Gasteiger partial charge is 0.493 e. The van der Waals surface area contributed by atoms with Gasteiger partial charge in [-0.15, -0.1) is 0 Å². The highest BCUT2D eigenvalue weighted by atomic mass is 32.2. The number of likely N-dealkylation sites (tertiary alicyclic amines) is 1. The molecular weight excluding hydrogens is 518 g/mol. The summed E-state index contributed by atoms with van der Waals surface area (Å²) in [6.07, 6.45) is 1.81. The van der Waals surface area contributed by atoms with Crippen molar-refractivity contribution in [3.63, 3.8) is 0 Å². The molecule has 0 aliphatic carbocycles. The number of piperidine rings is 1. The summed E-state index contributed by atoms with van der Waals surface area (Å²) in [7, 11) is -4.74. The van der Waals surface area contributed by atoms with Gasteiger partial charge in [0.05, 0.1) is 16.4 Å². The lowest BCUT2D eigenvalue weighted by Crippen LogP contribution is -2.44. The lowest BCUT2D eigenvalue weighted by Gasteiger charge is -2.34. The van der Waals surface area contributed by atoms with Crippen LogP contribution in [0.3, 0.4) is 0 Å². The zero-order valence-corrected chi connectivity index (χ0v) is 23.0. The van der Waals surface area contributed by atoms with E-state index in [1.165, 1.54) is 47.8 Å². The van der Waals surface area contributed by atoms with E-state index in [0.717, 1.165) is 13.1 Å². The van der Waals surface area contributed by atoms with Crippen LogP contribution in [0.15, 0.2) is 62.3 Å². The van der Waals surface area contributed by atoms with Gasteiger partial charge in [0, 0.05) is 19.5 Å². The summed E-state index contributed by atoms with van der Waals surface area (Å²) < 4.78 is 61.7.